The SMILES string of the molecule is CC1CCC(NS(=O)(=O)c2ccc3oc(=O)ccc3c2)C1. The maximum absolute atomic E-state index is 12.4. The van der Waals surface area contributed by atoms with Gasteiger partial charge in [0.1, 0.15) is 5.58 Å². The van der Waals surface area contributed by atoms with Crippen LogP contribution in [0.2, 0.25) is 0 Å². The summed E-state index contributed by atoms with van der Waals surface area (Å²) < 4.78 is 32.6. The van der Waals surface area contributed by atoms with Crippen LogP contribution >= 0.6 is 0 Å². The summed E-state index contributed by atoms with van der Waals surface area (Å²) in [6.07, 6.45) is 2.81. The predicted molar refractivity (Wildman–Crippen MR) is 79.6 cm³/mol. The molecule has 5 nitrogen and oxygen atoms in total. The Morgan fingerprint density at radius 2 is 2.00 bits per heavy atom. The zero-order valence-electron chi connectivity index (χ0n) is 11.7. The third-order valence-corrected chi connectivity index (χ3v) is 5.44. The fourth-order valence-corrected chi connectivity index (χ4v) is 4.14. The first-order valence-electron chi connectivity index (χ1n) is 7.00. The maximum Gasteiger partial charge on any atom is 0.336 e. The van der Waals surface area contributed by atoms with Gasteiger partial charge in [-0.2, -0.15) is 0 Å². The summed E-state index contributed by atoms with van der Waals surface area (Å²) in [6, 6.07) is 7.37. The second-order valence-electron chi connectivity index (χ2n) is 5.69. The van der Waals surface area contributed by atoms with Crippen LogP contribution in [0.15, 0.2) is 44.4 Å². The Bertz CT molecular complexity index is 825. The average molecular weight is 307 g/mol. The van der Waals surface area contributed by atoms with Gasteiger partial charge in [-0.15, -0.1) is 0 Å². The summed E-state index contributed by atoms with van der Waals surface area (Å²) >= 11 is 0. The molecule has 0 radical (unpaired) electrons. The molecule has 1 aliphatic rings. The molecule has 0 aliphatic heterocycles. The van der Waals surface area contributed by atoms with Crippen LogP contribution in [0.4, 0.5) is 0 Å². The molecule has 0 spiro atoms. The highest BCUT2D eigenvalue weighted by Gasteiger charge is 2.26. The molecule has 6 heteroatoms. The Kier molecular flexibility index (Phi) is 3.59. The first kappa shape index (κ1) is 14.3. The lowest BCUT2D eigenvalue weighted by molar-refractivity contribution is 0.538. The first-order valence-corrected chi connectivity index (χ1v) is 8.48. The lowest BCUT2D eigenvalue weighted by atomic mass is 10.1. The zero-order chi connectivity index (χ0) is 15.0. The van der Waals surface area contributed by atoms with Gasteiger partial charge in [0.2, 0.25) is 10.0 Å². The number of hydrogen-bond donors (Lipinski definition) is 1. The van der Waals surface area contributed by atoms with Gasteiger partial charge in [0.25, 0.3) is 0 Å². The summed E-state index contributed by atoms with van der Waals surface area (Å²) in [7, 11) is -3.54. The Hall–Kier alpha value is -1.66. The highest BCUT2D eigenvalue weighted by atomic mass is 32.2. The molecule has 2 atom stereocenters. The Morgan fingerprint density at radius 3 is 2.71 bits per heavy atom. The third kappa shape index (κ3) is 3.01. The lowest BCUT2D eigenvalue weighted by Gasteiger charge is -2.13. The molecule has 0 bridgehead atoms. The molecule has 0 amide bonds. The van der Waals surface area contributed by atoms with Gasteiger partial charge in [0.05, 0.1) is 4.90 Å². The van der Waals surface area contributed by atoms with Crippen LogP contribution in [-0.4, -0.2) is 14.5 Å². The van der Waals surface area contributed by atoms with E-state index in [-0.39, 0.29) is 10.9 Å². The van der Waals surface area contributed by atoms with Crippen molar-refractivity contribution in [1.29, 1.82) is 0 Å². The maximum atomic E-state index is 12.4. The van der Waals surface area contributed by atoms with Gasteiger partial charge < -0.3 is 4.42 Å². The van der Waals surface area contributed by atoms with Crippen molar-refractivity contribution in [3.05, 3.63) is 40.8 Å². The van der Waals surface area contributed by atoms with Gasteiger partial charge in [-0.25, -0.2) is 17.9 Å². The smallest absolute Gasteiger partial charge is 0.336 e. The molecule has 1 aliphatic carbocycles. The first-order chi connectivity index (χ1) is 9.94. The monoisotopic (exact) mass is 307 g/mol. The van der Waals surface area contributed by atoms with Gasteiger partial charge in [0.15, 0.2) is 0 Å². The molecular formula is C15H17NO4S. The van der Waals surface area contributed by atoms with Gasteiger partial charge in [-0.3, -0.25) is 0 Å². The standard InChI is InChI=1S/C15H17NO4S/c1-10-2-4-12(8-10)16-21(18,19)13-5-6-14-11(9-13)3-7-15(17)20-14/h3,5-7,9-10,12,16H,2,4,8H2,1H3. The predicted octanol–water partition coefficient (Wildman–Crippen LogP) is 2.26. The number of rotatable bonds is 3. The minimum Gasteiger partial charge on any atom is -0.423 e. The van der Waals surface area contributed by atoms with E-state index >= 15 is 0 Å². The molecule has 112 valence electrons. The quantitative estimate of drug-likeness (QED) is 0.882. The molecule has 1 fully saturated rings. The second-order valence-corrected chi connectivity index (χ2v) is 7.40. The van der Waals surface area contributed by atoms with Gasteiger partial charge in [0, 0.05) is 17.5 Å². The summed E-state index contributed by atoms with van der Waals surface area (Å²) in [5.74, 6) is 0.559. The Labute approximate surface area is 123 Å². The van der Waals surface area contributed by atoms with E-state index in [1.807, 2.05) is 0 Å². The van der Waals surface area contributed by atoms with E-state index in [2.05, 4.69) is 11.6 Å². The van der Waals surface area contributed by atoms with Crippen LogP contribution in [0.3, 0.4) is 0 Å². The molecule has 1 N–H and O–H groups in total. The second kappa shape index (κ2) is 5.27. The van der Waals surface area contributed by atoms with E-state index in [0.717, 1.165) is 19.3 Å². The summed E-state index contributed by atoms with van der Waals surface area (Å²) in [5.41, 5.74) is -0.0629. The van der Waals surface area contributed by atoms with Gasteiger partial charge in [-0.1, -0.05) is 6.92 Å². The molecule has 1 aromatic carbocycles. The largest absolute Gasteiger partial charge is 0.423 e. The molecular weight excluding hydrogens is 290 g/mol. The molecule has 3 rings (SSSR count). The van der Waals surface area contributed by atoms with E-state index < -0.39 is 15.6 Å². The van der Waals surface area contributed by atoms with E-state index in [1.165, 1.54) is 24.3 Å². The Morgan fingerprint density at radius 1 is 1.19 bits per heavy atom. The molecule has 2 aromatic rings. The minimum atomic E-state index is -3.54. The van der Waals surface area contributed by atoms with E-state index in [0.29, 0.717) is 16.9 Å². The van der Waals surface area contributed by atoms with Crippen LogP contribution in [0.25, 0.3) is 11.0 Å². The summed E-state index contributed by atoms with van der Waals surface area (Å²) in [4.78, 5) is 11.3. The number of nitrogens with one attached hydrogen (secondary N) is 1. The van der Waals surface area contributed by atoms with Gasteiger partial charge >= 0.3 is 5.63 Å². The van der Waals surface area contributed by atoms with Crippen molar-refractivity contribution in [3.8, 4) is 0 Å². The van der Waals surface area contributed by atoms with Crippen LogP contribution < -0.4 is 10.3 Å². The van der Waals surface area contributed by atoms with Crippen molar-refractivity contribution in [2.45, 2.75) is 37.1 Å². The van der Waals surface area contributed by atoms with Gasteiger partial charge in [-0.05, 0) is 49.4 Å². The number of sulfonamides is 1. The lowest BCUT2D eigenvalue weighted by Crippen LogP contribution is -2.32. The highest BCUT2D eigenvalue weighted by molar-refractivity contribution is 7.89. The average Bonchev–Trinajstić information content (AvgIpc) is 2.82. The summed E-state index contributed by atoms with van der Waals surface area (Å²) in [6.45, 7) is 2.13. The number of fused-ring (bicyclic) bond motifs is 1. The van der Waals surface area contributed by atoms with Crippen LogP contribution in [0.5, 0.6) is 0 Å². The minimum absolute atomic E-state index is 0.00871. The van der Waals surface area contributed by atoms with Crippen molar-refractivity contribution in [2.75, 3.05) is 0 Å². The van der Waals surface area contributed by atoms with E-state index in [1.54, 1.807) is 6.07 Å². The molecule has 0 saturated heterocycles. The molecule has 1 saturated carbocycles. The van der Waals surface area contributed by atoms with Crippen molar-refractivity contribution < 1.29 is 12.8 Å². The van der Waals surface area contributed by atoms with E-state index in [4.69, 9.17) is 4.42 Å². The Balaban J connectivity index is 1.91. The van der Waals surface area contributed by atoms with E-state index in [9.17, 15) is 13.2 Å². The van der Waals surface area contributed by atoms with Crippen LogP contribution in [0, 0.1) is 5.92 Å². The molecule has 21 heavy (non-hydrogen) atoms. The topological polar surface area (TPSA) is 76.4 Å². The van der Waals surface area contributed by atoms with Crippen LogP contribution in [-0.2, 0) is 10.0 Å². The van der Waals surface area contributed by atoms with Crippen molar-refractivity contribution in [3.63, 3.8) is 0 Å². The van der Waals surface area contributed by atoms with Crippen LogP contribution in [0.1, 0.15) is 26.2 Å². The number of hydrogen-bond acceptors (Lipinski definition) is 4. The highest BCUT2D eigenvalue weighted by Crippen LogP contribution is 2.26. The number of benzene rings is 1. The zero-order valence-corrected chi connectivity index (χ0v) is 12.5. The molecule has 1 heterocycles. The fraction of sp³-hybridized carbons (Fsp3) is 0.400. The molecule has 2 unspecified atom stereocenters. The third-order valence-electron chi connectivity index (χ3n) is 3.92. The van der Waals surface area contributed by atoms with Crippen molar-refractivity contribution in [2.24, 2.45) is 5.92 Å². The van der Waals surface area contributed by atoms with Crippen molar-refractivity contribution >= 4 is 21.0 Å². The summed E-state index contributed by atoms with van der Waals surface area (Å²) in [5, 5.41) is 0.595. The normalized spacial score (nSPS) is 22.7. The van der Waals surface area contributed by atoms with Crippen molar-refractivity contribution in [1.82, 2.24) is 4.72 Å². The fourth-order valence-electron chi connectivity index (χ4n) is 2.82. The molecule has 1 aromatic heterocycles.